The number of primary amides is 1. The summed E-state index contributed by atoms with van der Waals surface area (Å²) in [6.45, 7) is 2.89. The molecule has 2 aromatic heterocycles. The number of carbonyl (C=O) groups is 3. The van der Waals surface area contributed by atoms with Gasteiger partial charge in [0.1, 0.15) is 18.4 Å². The highest BCUT2D eigenvalue weighted by Crippen LogP contribution is 2.48. The van der Waals surface area contributed by atoms with Crippen LogP contribution < -0.4 is 15.8 Å². The Morgan fingerprint density at radius 3 is 2.81 bits per heavy atom. The molecule has 164 valence electrons. The van der Waals surface area contributed by atoms with Crippen molar-refractivity contribution in [2.75, 3.05) is 6.54 Å². The molecule has 3 amide bonds. The molecule has 4 rings (SSSR count). The number of fused-ring (bicyclic) bond motifs is 2. The number of ether oxygens (including phenoxy) is 1. The number of allylic oxidation sites excluding steroid dienone is 1. The average Bonchev–Trinajstić information content (AvgIpc) is 3.26. The van der Waals surface area contributed by atoms with Crippen LogP contribution in [-0.4, -0.2) is 56.2 Å². The van der Waals surface area contributed by atoms with Crippen molar-refractivity contribution in [2.45, 2.75) is 45.3 Å². The zero-order valence-corrected chi connectivity index (χ0v) is 17.2. The van der Waals surface area contributed by atoms with Crippen molar-refractivity contribution in [1.29, 1.82) is 0 Å². The molecule has 1 aliphatic carbocycles. The van der Waals surface area contributed by atoms with Gasteiger partial charge in [0.15, 0.2) is 0 Å². The van der Waals surface area contributed by atoms with E-state index < -0.39 is 18.0 Å². The molecule has 2 fully saturated rings. The molecule has 3 atom stereocenters. The van der Waals surface area contributed by atoms with E-state index in [-0.39, 0.29) is 42.7 Å². The molecule has 0 radical (unpaired) electrons. The van der Waals surface area contributed by atoms with Gasteiger partial charge in [-0.1, -0.05) is 0 Å². The lowest BCUT2D eigenvalue weighted by Crippen LogP contribution is -2.49. The van der Waals surface area contributed by atoms with Gasteiger partial charge in [0.05, 0.1) is 23.6 Å². The van der Waals surface area contributed by atoms with Crippen LogP contribution in [0, 0.1) is 5.92 Å². The number of amides is 3. The van der Waals surface area contributed by atoms with E-state index in [0.29, 0.717) is 22.9 Å². The molecule has 0 bridgehead atoms. The normalized spacial score (nSPS) is 21.5. The maximum Gasteiger partial charge on any atom is 0.411 e. The summed E-state index contributed by atoms with van der Waals surface area (Å²) in [4.78, 5) is 42.5. The molecule has 0 aromatic carbocycles. The van der Waals surface area contributed by atoms with Crippen molar-refractivity contribution in [3.63, 3.8) is 0 Å². The van der Waals surface area contributed by atoms with E-state index in [9.17, 15) is 18.8 Å². The second kappa shape index (κ2) is 7.97. The van der Waals surface area contributed by atoms with E-state index in [1.165, 1.54) is 17.1 Å². The van der Waals surface area contributed by atoms with Crippen molar-refractivity contribution < 1.29 is 23.5 Å². The number of hydrogen-bond acceptors (Lipinski definition) is 6. The molecule has 1 saturated carbocycles. The third-order valence-corrected chi connectivity index (χ3v) is 5.66. The predicted molar refractivity (Wildman–Crippen MR) is 107 cm³/mol. The number of hydrogen-bond donors (Lipinski definition) is 2. The topological polar surface area (TPSA) is 132 Å². The fraction of sp³-hybridized carbons (Fsp3) is 0.450. The summed E-state index contributed by atoms with van der Waals surface area (Å²) in [5.74, 6) is -0.812. The number of rotatable bonds is 6. The van der Waals surface area contributed by atoms with Crippen LogP contribution in [0.5, 0.6) is 5.88 Å². The lowest BCUT2D eigenvalue weighted by Gasteiger charge is -2.27. The monoisotopic (exact) mass is 430 g/mol. The fourth-order valence-electron chi connectivity index (χ4n) is 4.00. The zero-order chi connectivity index (χ0) is 22.3. The van der Waals surface area contributed by atoms with Crippen LogP contribution in [0.1, 0.15) is 26.7 Å². The number of piperidine rings is 1. The molecule has 10 nitrogen and oxygen atoms in total. The van der Waals surface area contributed by atoms with Crippen LogP contribution in [0.2, 0.25) is 0 Å². The minimum Gasteiger partial charge on any atom is -0.389 e. The van der Waals surface area contributed by atoms with Crippen LogP contribution in [0.4, 0.5) is 9.18 Å². The SMILES string of the molecule is CC(C)=C(F)CNC(=O)[C@@H]1C[C@H]2C[C@H]2N1C(=O)Cn1nc(OC(N)=O)c2ccncc21. The van der Waals surface area contributed by atoms with Crippen LogP contribution in [0.15, 0.2) is 29.9 Å². The van der Waals surface area contributed by atoms with Crippen LogP contribution >= 0.6 is 0 Å². The predicted octanol–water partition coefficient (Wildman–Crippen LogP) is 1.26. The van der Waals surface area contributed by atoms with E-state index in [1.54, 1.807) is 24.8 Å². The minimum absolute atomic E-state index is 0.00200. The van der Waals surface area contributed by atoms with Gasteiger partial charge in [-0.3, -0.25) is 19.3 Å². The second-order valence-electron chi connectivity index (χ2n) is 8.02. The van der Waals surface area contributed by atoms with E-state index in [2.05, 4.69) is 15.4 Å². The number of carbonyl (C=O) groups excluding carboxylic acids is 3. The molecule has 2 aromatic rings. The Bertz CT molecular complexity index is 1090. The number of likely N-dealkylation sites (tertiary alicyclic amines) is 1. The van der Waals surface area contributed by atoms with Gasteiger partial charge in [0, 0.05) is 12.2 Å². The number of pyridine rings is 1. The van der Waals surface area contributed by atoms with Gasteiger partial charge in [0.25, 0.3) is 5.88 Å². The van der Waals surface area contributed by atoms with E-state index >= 15 is 0 Å². The Labute approximate surface area is 177 Å². The first-order chi connectivity index (χ1) is 14.8. The van der Waals surface area contributed by atoms with Gasteiger partial charge >= 0.3 is 6.09 Å². The molecule has 1 aliphatic heterocycles. The molecular weight excluding hydrogens is 407 g/mol. The van der Waals surface area contributed by atoms with E-state index in [1.807, 2.05) is 0 Å². The maximum atomic E-state index is 13.8. The average molecular weight is 430 g/mol. The van der Waals surface area contributed by atoms with Crippen LogP contribution in [0.3, 0.4) is 0 Å². The Morgan fingerprint density at radius 2 is 2.10 bits per heavy atom. The summed E-state index contributed by atoms with van der Waals surface area (Å²) in [6, 6.07) is 0.947. The highest BCUT2D eigenvalue weighted by Gasteiger charge is 2.55. The fourth-order valence-corrected chi connectivity index (χ4v) is 4.00. The summed E-state index contributed by atoms with van der Waals surface area (Å²) in [6.07, 6.45) is 3.38. The highest BCUT2D eigenvalue weighted by molar-refractivity contribution is 5.91. The van der Waals surface area contributed by atoms with Crippen molar-refractivity contribution >= 4 is 28.8 Å². The lowest BCUT2D eigenvalue weighted by atomic mass is 10.1. The van der Waals surface area contributed by atoms with Gasteiger partial charge < -0.3 is 20.7 Å². The molecule has 0 unspecified atom stereocenters. The van der Waals surface area contributed by atoms with Crippen LogP contribution in [0.25, 0.3) is 10.9 Å². The number of halogens is 1. The standard InChI is InChI=1S/C20H23FN6O4/c1-10(2)13(21)7-24-18(29)15-6-11-5-14(11)27(15)17(28)9-26-16-8-23-4-3-12(16)19(25-26)31-20(22)30/h3-4,8,11,14-15H,5-7,9H2,1-2H3,(H2,22,30)(H,24,29)/t11-,14-,15+/m1/s1. The van der Waals surface area contributed by atoms with Gasteiger partial charge in [0.2, 0.25) is 11.8 Å². The molecule has 3 heterocycles. The molecule has 1 saturated heterocycles. The summed E-state index contributed by atoms with van der Waals surface area (Å²) in [5, 5.41) is 7.24. The zero-order valence-electron chi connectivity index (χ0n) is 17.2. The van der Waals surface area contributed by atoms with Crippen molar-refractivity contribution in [1.82, 2.24) is 25.0 Å². The lowest BCUT2D eigenvalue weighted by molar-refractivity contribution is -0.140. The number of nitrogens with one attached hydrogen (secondary N) is 1. The van der Waals surface area contributed by atoms with Crippen molar-refractivity contribution in [3.05, 3.63) is 29.9 Å². The molecule has 31 heavy (non-hydrogen) atoms. The van der Waals surface area contributed by atoms with Crippen molar-refractivity contribution in [2.24, 2.45) is 11.7 Å². The number of aromatic nitrogens is 3. The third-order valence-electron chi connectivity index (χ3n) is 5.66. The molecule has 2 aliphatic rings. The Balaban J connectivity index is 1.52. The quantitative estimate of drug-likeness (QED) is 0.709. The molecule has 11 heteroatoms. The molecule has 0 spiro atoms. The smallest absolute Gasteiger partial charge is 0.389 e. The minimum atomic E-state index is -1.02. The largest absolute Gasteiger partial charge is 0.411 e. The summed E-state index contributed by atoms with van der Waals surface area (Å²) in [5.41, 5.74) is 6.08. The van der Waals surface area contributed by atoms with Gasteiger partial charge in [-0.15, -0.1) is 5.10 Å². The number of nitrogens with zero attached hydrogens (tertiary/aromatic N) is 4. The van der Waals surface area contributed by atoms with Gasteiger partial charge in [-0.25, -0.2) is 9.18 Å². The molecular formula is C20H23FN6O4. The second-order valence-corrected chi connectivity index (χ2v) is 8.02. The third kappa shape index (κ3) is 4.07. The van der Waals surface area contributed by atoms with Gasteiger partial charge in [-0.2, -0.15) is 0 Å². The Morgan fingerprint density at radius 1 is 1.32 bits per heavy atom. The van der Waals surface area contributed by atoms with Gasteiger partial charge in [-0.05, 0) is 44.2 Å². The van der Waals surface area contributed by atoms with E-state index in [4.69, 9.17) is 10.5 Å². The van der Waals surface area contributed by atoms with Crippen molar-refractivity contribution in [3.8, 4) is 5.88 Å². The Kier molecular flexibility index (Phi) is 5.34. The number of nitrogens with two attached hydrogens (primary N) is 1. The summed E-state index contributed by atoms with van der Waals surface area (Å²) >= 11 is 0. The highest BCUT2D eigenvalue weighted by atomic mass is 19.1. The van der Waals surface area contributed by atoms with E-state index in [0.717, 1.165) is 6.42 Å². The summed E-state index contributed by atoms with van der Waals surface area (Å²) in [7, 11) is 0. The Hall–Kier alpha value is -3.50. The first kappa shape index (κ1) is 20.8. The first-order valence-corrected chi connectivity index (χ1v) is 9.94. The maximum absolute atomic E-state index is 13.8. The first-order valence-electron chi connectivity index (χ1n) is 9.94. The summed E-state index contributed by atoms with van der Waals surface area (Å²) < 4.78 is 20.1. The molecule has 3 N–H and O–H groups in total. The van der Waals surface area contributed by atoms with Crippen LogP contribution in [-0.2, 0) is 16.1 Å².